The topological polar surface area (TPSA) is 45.9 Å². The Bertz CT molecular complexity index is 425. The second kappa shape index (κ2) is 4.06. The van der Waals surface area contributed by atoms with Gasteiger partial charge in [0.25, 0.3) is 0 Å². The maximum Gasteiger partial charge on any atom is 0.573 e. The number of rotatable bonds is 1. The van der Waals surface area contributed by atoms with Crippen molar-refractivity contribution in [1.82, 2.24) is 4.98 Å². The van der Waals surface area contributed by atoms with Gasteiger partial charge in [-0.2, -0.15) is 5.26 Å². The van der Waals surface area contributed by atoms with Crippen molar-refractivity contribution < 1.29 is 17.9 Å². The van der Waals surface area contributed by atoms with Gasteiger partial charge in [-0.1, -0.05) is 0 Å². The average Bonchev–Trinajstić information content (AvgIpc) is 2.11. The summed E-state index contributed by atoms with van der Waals surface area (Å²) in [5.41, 5.74) is 0.0399. The quantitative estimate of drug-likeness (QED) is 0.795. The van der Waals surface area contributed by atoms with Crippen LogP contribution in [-0.4, -0.2) is 11.3 Å². The third kappa shape index (κ3) is 2.83. The van der Waals surface area contributed by atoms with Crippen LogP contribution in [0, 0.1) is 18.3 Å². The Hall–Kier alpha value is -1.29. The lowest BCUT2D eigenvalue weighted by molar-refractivity contribution is -0.275. The lowest BCUT2D eigenvalue weighted by Gasteiger charge is -2.12. The van der Waals surface area contributed by atoms with Gasteiger partial charge in [0.05, 0.1) is 4.47 Å². The molecule has 1 aromatic heterocycles. The molecule has 0 radical (unpaired) electrons. The monoisotopic (exact) mass is 280 g/mol. The fourth-order valence-electron chi connectivity index (χ4n) is 0.848. The fraction of sp³-hybridized carbons (Fsp3) is 0.250. The van der Waals surface area contributed by atoms with E-state index in [4.69, 9.17) is 5.26 Å². The number of hydrogen-bond donors (Lipinski definition) is 0. The second-order valence-corrected chi connectivity index (χ2v) is 3.39. The van der Waals surface area contributed by atoms with Crippen molar-refractivity contribution in [2.45, 2.75) is 13.3 Å². The third-order valence-electron chi connectivity index (χ3n) is 1.47. The molecule has 0 amide bonds. The van der Waals surface area contributed by atoms with Crippen molar-refractivity contribution in [2.75, 3.05) is 0 Å². The Morgan fingerprint density at radius 1 is 1.53 bits per heavy atom. The van der Waals surface area contributed by atoms with Gasteiger partial charge in [-0.25, -0.2) is 4.98 Å². The summed E-state index contributed by atoms with van der Waals surface area (Å²) in [7, 11) is 0. The number of hydrogen-bond acceptors (Lipinski definition) is 3. The van der Waals surface area contributed by atoms with E-state index >= 15 is 0 Å². The number of pyridine rings is 1. The first kappa shape index (κ1) is 11.8. The van der Waals surface area contributed by atoms with Crippen LogP contribution in [0.4, 0.5) is 13.2 Å². The van der Waals surface area contributed by atoms with Crippen molar-refractivity contribution in [3.63, 3.8) is 0 Å². The van der Waals surface area contributed by atoms with Crippen molar-refractivity contribution >= 4 is 15.9 Å². The zero-order chi connectivity index (χ0) is 11.6. The summed E-state index contributed by atoms with van der Waals surface area (Å²) in [6.07, 6.45) is -3.56. The SMILES string of the molecule is Cc1cnc(C#N)c(OC(F)(F)F)c1Br. The van der Waals surface area contributed by atoms with Gasteiger partial charge < -0.3 is 4.74 Å². The smallest absolute Gasteiger partial charge is 0.401 e. The van der Waals surface area contributed by atoms with Gasteiger partial charge in [-0.15, -0.1) is 13.2 Å². The number of nitrogens with zero attached hydrogens (tertiary/aromatic N) is 2. The largest absolute Gasteiger partial charge is 0.573 e. The highest BCUT2D eigenvalue weighted by molar-refractivity contribution is 9.10. The van der Waals surface area contributed by atoms with Gasteiger partial charge in [0.1, 0.15) is 6.07 Å². The van der Waals surface area contributed by atoms with Gasteiger partial charge in [-0.05, 0) is 28.4 Å². The molecule has 0 saturated heterocycles. The molecule has 0 fully saturated rings. The Labute approximate surface area is 91.6 Å². The highest BCUT2D eigenvalue weighted by Gasteiger charge is 2.33. The molecule has 0 N–H and O–H groups in total. The van der Waals surface area contributed by atoms with Gasteiger partial charge in [0.2, 0.25) is 0 Å². The van der Waals surface area contributed by atoms with Crippen LogP contribution in [0.1, 0.15) is 11.3 Å². The molecule has 0 bridgehead atoms. The first-order valence-corrected chi connectivity index (χ1v) is 4.45. The van der Waals surface area contributed by atoms with E-state index in [1.54, 1.807) is 6.92 Å². The van der Waals surface area contributed by atoms with Gasteiger partial charge in [-0.3, -0.25) is 0 Å². The van der Waals surface area contributed by atoms with E-state index in [0.29, 0.717) is 5.56 Å². The minimum absolute atomic E-state index is 0.0753. The maximum absolute atomic E-state index is 12.0. The summed E-state index contributed by atoms with van der Waals surface area (Å²) in [5.74, 6) is -0.606. The maximum atomic E-state index is 12.0. The highest BCUT2D eigenvalue weighted by Crippen LogP contribution is 2.34. The normalized spacial score (nSPS) is 10.9. The summed E-state index contributed by atoms with van der Waals surface area (Å²) < 4.78 is 39.7. The van der Waals surface area contributed by atoms with Gasteiger partial charge in [0, 0.05) is 6.20 Å². The number of alkyl halides is 3. The molecule has 3 nitrogen and oxygen atoms in total. The Balaban J connectivity index is 3.26. The van der Waals surface area contributed by atoms with Crippen LogP contribution in [0.2, 0.25) is 0 Å². The van der Waals surface area contributed by atoms with Gasteiger partial charge >= 0.3 is 6.36 Å². The average molecular weight is 281 g/mol. The van der Waals surface area contributed by atoms with E-state index in [9.17, 15) is 13.2 Å². The number of ether oxygens (including phenoxy) is 1. The van der Waals surface area contributed by atoms with E-state index in [-0.39, 0.29) is 4.47 Å². The molecule has 1 rings (SSSR count). The molecule has 1 heterocycles. The summed E-state index contributed by atoms with van der Waals surface area (Å²) in [5, 5.41) is 8.55. The summed E-state index contributed by atoms with van der Waals surface area (Å²) in [6, 6.07) is 1.52. The van der Waals surface area contributed by atoms with E-state index in [1.807, 2.05) is 0 Å². The summed E-state index contributed by atoms with van der Waals surface area (Å²) >= 11 is 2.91. The lowest BCUT2D eigenvalue weighted by atomic mass is 10.2. The number of nitriles is 1. The molecule has 0 aliphatic heterocycles. The number of halogens is 4. The molecule has 0 aromatic carbocycles. The Morgan fingerprint density at radius 2 is 2.13 bits per heavy atom. The van der Waals surface area contributed by atoms with Crippen molar-refractivity contribution in [3.8, 4) is 11.8 Å². The molecule has 7 heteroatoms. The Morgan fingerprint density at radius 3 is 2.60 bits per heavy atom. The molecule has 1 aromatic rings. The van der Waals surface area contributed by atoms with Crippen molar-refractivity contribution in [1.29, 1.82) is 5.26 Å². The van der Waals surface area contributed by atoms with Crippen LogP contribution in [0.3, 0.4) is 0 Å². The molecule has 0 aliphatic carbocycles. The highest BCUT2D eigenvalue weighted by atomic mass is 79.9. The van der Waals surface area contributed by atoms with Crippen LogP contribution in [-0.2, 0) is 0 Å². The predicted molar refractivity (Wildman–Crippen MR) is 48.1 cm³/mol. The molecule has 0 aliphatic rings. The van der Waals surface area contributed by atoms with Crippen LogP contribution in [0.15, 0.2) is 10.7 Å². The van der Waals surface area contributed by atoms with E-state index in [2.05, 4.69) is 25.7 Å². The summed E-state index contributed by atoms with van der Waals surface area (Å²) in [6.45, 7) is 1.54. The molecular formula is C8H4BrF3N2O. The minimum atomic E-state index is -4.84. The van der Waals surface area contributed by atoms with Crippen LogP contribution in [0.5, 0.6) is 5.75 Å². The van der Waals surface area contributed by atoms with Crippen molar-refractivity contribution in [3.05, 3.63) is 21.9 Å². The molecular weight excluding hydrogens is 277 g/mol. The fourth-order valence-corrected chi connectivity index (χ4v) is 1.22. The Kier molecular flexibility index (Phi) is 3.19. The standard InChI is InChI=1S/C8H4BrF3N2O/c1-4-3-14-5(2-13)7(6(4)9)15-8(10,11)12/h3H,1H3. The van der Waals surface area contributed by atoms with E-state index in [1.165, 1.54) is 12.3 Å². The van der Waals surface area contributed by atoms with Crippen LogP contribution >= 0.6 is 15.9 Å². The van der Waals surface area contributed by atoms with Crippen molar-refractivity contribution in [2.24, 2.45) is 0 Å². The zero-order valence-electron chi connectivity index (χ0n) is 7.39. The molecule has 0 unspecified atom stereocenters. The zero-order valence-corrected chi connectivity index (χ0v) is 8.98. The third-order valence-corrected chi connectivity index (χ3v) is 2.46. The summed E-state index contributed by atoms with van der Waals surface area (Å²) in [4.78, 5) is 3.53. The number of aromatic nitrogens is 1. The first-order valence-electron chi connectivity index (χ1n) is 3.66. The van der Waals surface area contributed by atoms with Crippen LogP contribution in [0.25, 0.3) is 0 Å². The van der Waals surface area contributed by atoms with Gasteiger partial charge in [0.15, 0.2) is 11.4 Å². The lowest BCUT2D eigenvalue weighted by Crippen LogP contribution is -2.18. The molecule has 15 heavy (non-hydrogen) atoms. The minimum Gasteiger partial charge on any atom is -0.401 e. The molecule has 80 valence electrons. The van der Waals surface area contributed by atoms with E-state index in [0.717, 1.165) is 0 Å². The second-order valence-electron chi connectivity index (χ2n) is 2.59. The molecule has 0 spiro atoms. The predicted octanol–water partition coefficient (Wildman–Crippen LogP) is 2.92. The van der Waals surface area contributed by atoms with Crippen LogP contribution < -0.4 is 4.74 Å². The first-order chi connectivity index (χ1) is 6.85. The molecule has 0 atom stereocenters. The van der Waals surface area contributed by atoms with E-state index < -0.39 is 17.8 Å². The number of aryl methyl sites for hydroxylation is 1. The molecule has 0 saturated carbocycles.